The molecule has 0 amide bonds. The highest BCUT2D eigenvalue weighted by Gasteiger charge is 2.25. The van der Waals surface area contributed by atoms with Crippen LogP contribution in [-0.2, 0) is 6.54 Å². The van der Waals surface area contributed by atoms with Gasteiger partial charge in [0.2, 0.25) is 0 Å². The predicted octanol–water partition coefficient (Wildman–Crippen LogP) is 7.41. The summed E-state index contributed by atoms with van der Waals surface area (Å²) < 4.78 is 6.46. The number of nitrogens with zero attached hydrogens (tertiary/aromatic N) is 1. The fraction of sp³-hybridized carbons (Fsp3) is 0.350. The summed E-state index contributed by atoms with van der Waals surface area (Å²) in [6.45, 7) is 5.06. The smallest absolute Gasteiger partial charge is 0.131 e. The zero-order chi connectivity index (χ0) is 18.3. The van der Waals surface area contributed by atoms with E-state index < -0.39 is 0 Å². The predicted molar refractivity (Wildman–Crippen MR) is 111 cm³/mol. The number of hydrogen-bond acceptors (Lipinski definition) is 4. The lowest BCUT2D eigenvalue weighted by Crippen LogP contribution is -2.05. The molecule has 0 radical (unpaired) electrons. The first kappa shape index (κ1) is 17.9. The van der Waals surface area contributed by atoms with Crippen molar-refractivity contribution in [3.63, 3.8) is 0 Å². The maximum atomic E-state index is 6.75. The van der Waals surface area contributed by atoms with E-state index in [1.165, 1.54) is 16.0 Å². The van der Waals surface area contributed by atoms with Crippen LogP contribution in [0.4, 0.5) is 5.69 Å². The van der Waals surface area contributed by atoms with Crippen molar-refractivity contribution in [1.82, 2.24) is 4.98 Å². The Morgan fingerprint density at radius 2 is 2.15 bits per heavy atom. The Hall–Kier alpha value is -1.49. The van der Waals surface area contributed by atoms with Crippen LogP contribution in [0.5, 0.6) is 0 Å². The molecule has 0 aromatic carbocycles. The standard InChI is InChI=1S/C20H20Cl2N2OS/c1-11-5-6-13(8-12(11)2)19-17(22)18-20(26-19)15(9-16(21)24-18)23-10-14-4-3-7-25-14/h3-4,7,9,13H,5-6,8,10H2,1-2H3,(H,23,24). The second kappa shape index (κ2) is 7.26. The van der Waals surface area contributed by atoms with Crippen molar-refractivity contribution in [2.75, 3.05) is 5.32 Å². The average molecular weight is 407 g/mol. The fourth-order valence-electron chi connectivity index (χ4n) is 3.49. The van der Waals surface area contributed by atoms with Crippen molar-refractivity contribution in [2.45, 2.75) is 45.6 Å². The second-order valence-corrected chi connectivity index (χ2v) is 8.70. The first-order valence-corrected chi connectivity index (χ1v) is 10.3. The van der Waals surface area contributed by atoms with Gasteiger partial charge in [0.05, 0.1) is 28.2 Å². The van der Waals surface area contributed by atoms with Gasteiger partial charge in [0, 0.05) is 10.9 Å². The number of allylic oxidation sites excluding steroid dienone is 2. The lowest BCUT2D eigenvalue weighted by Gasteiger charge is -2.23. The molecule has 26 heavy (non-hydrogen) atoms. The highest BCUT2D eigenvalue weighted by molar-refractivity contribution is 7.20. The molecule has 3 nitrogen and oxygen atoms in total. The lowest BCUT2D eigenvalue weighted by atomic mass is 9.84. The minimum absolute atomic E-state index is 0.446. The Morgan fingerprint density at radius 1 is 1.31 bits per heavy atom. The number of hydrogen-bond donors (Lipinski definition) is 1. The Kier molecular flexibility index (Phi) is 5.00. The van der Waals surface area contributed by atoms with Gasteiger partial charge in [-0.25, -0.2) is 4.98 Å². The van der Waals surface area contributed by atoms with Crippen LogP contribution in [0, 0.1) is 0 Å². The molecule has 1 N–H and O–H groups in total. The number of fused-ring (bicyclic) bond motifs is 1. The summed E-state index contributed by atoms with van der Waals surface area (Å²) in [5.74, 6) is 1.33. The molecule has 3 aromatic rings. The number of nitrogens with one attached hydrogen (secondary N) is 1. The summed E-state index contributed by atoms with van der Waals surface area (Å²) in [5.41, 5.74) is 4.75. The van der Waals surface area contributed by atoms with Gasteiger partial charge < -0.3 is 9.73 Å². The van der Waals surface area contributed by atoms with Gasteiger partial charge in [-0.15, -0.1) is 11.3 Å². The van der Waals surface area contributed by atoms with Crippen LogP contribution >= 0.6 is 34.5 Å². The maximum absolute atomic E-state index is 6.75. The molecule has 1 aliphatic rings. The van der Waals surface area contributed by atoms with Gasteiger partial charge in [0.25, 0.3) is 0 Å². The zero-order valence-corrected chi connectivity index (χ0v) is 17.1. The van der Waals surface area contributed by atoms with Crippen LogP contribution in [0.1, 0.15) is 49.7 Å². The number of thiophene rings is 1. The van der Waals surface area contributed by atoms with Crippen molar-refractivity contribution in [1.29, 1.82) is 0 Å². The first-order valence-electron chi connectivity index (χ1n) is 8.73. The van der Waals surface area contributed by atoms with Gasteiger partial charge in [0.15, 0.2) is 0 Å². The van der Waals surface area contributed by atoms with Gasteiger partial charge in [-0.2, -0.15) is 0 Å². The molecule has 4 rings (SSSR count). The number of furan rings is 1. The number of pyridine rings is 1. The highest BCUT2D eigenvalue weighted by atomic mass is 35.5. The zero-order valence-electron chi connectivity index (χ0n) is 14.7. The van der Waals surface area contributed by atoms with E-state index in [9.17, 15) is 0 Å². The monoisotopic (exact) mass is 406 g/mol. The Bertz CT molecular complexity index is 976. The number of anilines is 1. The molecule has 0 fully saturated rings. The van der Waals surface area contributed by atoms with Gasteiger partial charge in [-0.3, -0.25) is 0 Å². The number of rotatable bonds is 4. The molecule has 0 spiro atoms. The van der Waals surface area contributed by atoms with E-state index in [0.717, 1.165) is 45.9 Å². The molecular weight excluding hydrogens is 387 g/mol. The van der Waals surface area contributed by atoms with Crippen molar-refractivity contribution >= 4 is 50.4 Å². The quantitative estimate of drug-likeness (QED) is 0.361. The average Bonchev–Trinajstić information content (AvgIpc) is 3.24. The molecule has 0 saturated heterocycles. The molecule has 1 unspecified atom stereocenters. The molecule has 136 valence electrons. The summed E-state index contributed by atoms with van der Waals surface area (Å²) in [6.07, 6.45) is 5.02. The van der Waals surface area contributed by atoms with E-state index in [-0.39, 0.29) is 0 Å². The largest absolute Gasteiger partial charge is 0.467 e. The molecule has 1 aliphatic carbocycles. The summed E-state index contributed by atoms with van der Waals surface area (Å²) >= 11 is 14.7. The topological polar surface area (TPSA) is 38.1 Å². The number of aromatic nitrogens is 1. The molecular formula is C20H20Cl2N2OS. The third kappa shape index (κ3) is 3.38. The minimum Gasteiger partial charge on any atom is -0.467 e. The summed E-state index contributed by atoms with van der Waals surface area (Å²) in [6, 6.07) is 5.69. The second-order valence-electron chi connectivity index (χ2n) is 6.88. The summed E-state index contributed by atoms with van der Waals surface area (Å²) in [5, 5.41) is 4.62. The van der Waals surface area contributed by atoms with Gasteiger partial charge in [-0.1, -0.05) is 34.3 Å². The summed E-state index contributed by atoms with van der Waals surface area (Å²) in [4.78, 5) is 5.72. The van der Waals surface area contributed by atoms with Gasteiger partial charge in [-0.05, 0) is 51.2 Å². The molecule has 0 saturated carbocycles. The lowest BCUT2D eigenvalue weighted by molar-refractivity contribution is 0.518. The van der Waals surface area contributed by atoms with Crippen LogP contribution in [0.25, 0.3) is 10.2 Å². The van der Waals surface area contributed by atoms with E-state index >= 15 is 0 Å². The van der Waals surface area contributed by atoms with Gasteiger partial charge in [0.1, 0.15) is 16.4 Å². The molecule has 3 heterocycles. The van der Waals surface area contributed by atoms with E-state index in [0.29, 0.717) is 17.6 Å². The summed E-state index contributed by atoms with van der Waals surface area (Å²) in [7, 11) is 0. The van der Waals surface area contributed by atoms with Crippen molar-refractivity contribution in [3.8, 4) is 0 Å². The van der Waals surface area contributed by atoms with Crippen molar-refractivity contribution < 1.29 is 4.42 Å². The van der Waals surface area contributed by atoms with E-state index in [1.807, 2.05) is 18.2 Å². The third-order valence-electron chi connectivity index (χ3n) is 5.13. The van der Waals surface area contributed by atoms with Crippen molar-refractivity contribution in [2.24, 2.45) is 0 Å². The van der Waals surface area contributed by atoms with E-state index in [4.69, 9.17) is 27.6 Å². The maximum Gasteiger partial charge on any atom is 0.131 e. The van der Waals surface area contributed by atoms with E-state index in [2.05, 4.69) is 24.1 Å². The third-order valence-corrected chi connectivity index (χ3v) is 7.19. The first-order chi connectivity index (χ1) is 12.5. The highest BCUT2D eigenvalue weighted by Crippen LogP contribution is 2.47. The Morgan fingerprint density at radius 3 is 2.88 bits per heavy atom. The minimum atomic E-state index is 0.446. The van der Waals surface area contributed by atoms with Crippen molar-refractivity contribution in [3.05, 3.63) is 56.4 Å². The fourth-order valence-corrected chi connectivity index (χ4v) is 5.40. The molecule has 0 bridgehead atoms. The SMILES string of the molecule is CC1=C(C)CC(c2sc3c(NCc4ccco4)cc(Cl)nc3c2Cl)CC1. The normalized spacial score (nSPS) is 17.9. The van der Waals surface area contributed by atoms with Crippen LogP contribution in [0.2, 0.25) is 10.2 Å². The van der Waals surface area contributed by atoms with Crippen LogP contribution in [0.3, 0.4) is 0 Å². The Labute approximate surface area is 167 Å². The molecule has 3 aromatic heterocycles. The van der Waals surface area contributed by atoms with E-state index in [1.54, 1.807) is 17.6 Å². The Balaban J connectivity index is 1.70. The van der Waals surface area contributed by atoms with Crippen LogP contribution in [0.15, 0.2) is 40.0 Å². The number of halogens is 2. The molecule has 6 heteroatoms. The molecule has 0 aliphatic heterocycles. The van der Waals surface area contributed by atoms with Crippen LogP contribution < -0.4 is 5.32 Å². The van der Waals surface area contributed by atoms with Gasteiger partial charge >= 0.3 is 0 Å². The molecule has 1 atom stereocenters. The van der Waals surface area contributed by atoms with Crippen LogP contribution in [-0.4, -0.2) is 4.98 Å².